The molecule has 1 atom stereocenters. The summed E-state index contributed by atoms with van der Waals surface area (Å²) in [5, 5.41) is 0.997. The molecule has 0 radical (unpaired) electrons. The number of hydrogen-bond acceptors (Lipinski definition) is 4. The van der Waals surface area contributed by atoms with E-state index in [9.17, 15) is 4.79 Å². The van der Waals surface area contributed by atoms with Crippen molar-refractivity contribution in [1.82, 2.24) is 0 Å². The molecule has 0 aliphatic carbocycles. The third-order valence-corrected chi connectivity index (χ3v) is 4.88. The number of methoxy groups -OCH3 is 2. The molecule has 0 N–H and O–H groups in total. The first kappa shape index (κ1) is 21.6. The molecule has 6 heteroatoms. The van der Waals surface area contributed by atoms with Crippen molar-refractivity contribution in [3.8, 4) is 17.2 Å². The van der Waals surface area contributed by atoms with Crippen molar-refractivity contribution in [3.63, 3.8) is 0 Å². The number of carbonyl (C=O) groups is 1. The van der Waals surface area contributed by atoms with Crippen LogP contribution in [0.5, 0.6) is 17.2 Å². The number of benzene rings is 2. The van der Waals surface area contributed by atoms with Gasteiger partial charge in [0.05, 0.1) is 20.8 Å². The van der Waals surface area contributed by atoms with Crippen LogP contribution in [0.4, 0.5) is 0 Å². The van der Waals surface area contributed by atoms with Crippen LogP contribution in [0.2, 0.25) is 0 Å². The Labute approximate surface area is 163 Å². The van der Waals surface area contributed by atoms with Gasteiger partial charge >= 0.3 is 18.9 Å². The summed E-state index contributed by atoms with van der Waals surface area (Å²) in [6.45, 7) is 4.76. The monoisotopic (exact) mass is 354 g/mol. The van der Waals surface area contributed by atoms with E-state index in [1.807, 2.05) is 31.2 Å². The SMILES string of the molecule is CCCOc1ccc(PC(=O)c2c(OC)cccc2OC)c(C)c1.[LiH]. The molecule has 4 nitrogen and oxygen atoms in total. The Kier molecular flexibility index (Phi) is 9.07. The van der Waals surface area contributed by atoms with E-state index >= 15 is 0 Å². The van der Waals surface area contributed by atoms with Crippen molar-refractivity contribution in [2.24, 2.45) is 0 Å². The van der Waals surface area contributed by atoms with Gasteiger partial charge in [-0.1, -0.05) is 19.1 Å². The average Bonchev–Trinajstić information content (AvgIpc) is 2.61. The van der Waals surface area contributed by atoms with Crippen LogP contribution in [0.3, 0.4) is 0 Å². The molecular weight excluding hydrogens is 330 g/mol. The van der Waals surface area contributed by atoms with Crippen LogP contribution in [-0.2, 0) is 0 Å². The molecule has 2 rings (SSSR count). The summed E-state index contributed by atoms with van der Waals surface area (Å²) >= 11 is 0. The van der Waals surface area contributed by atoms with Gasteiger partial charge in [-0.25, -0.2) is 0 Å². The third kappa shape index (κ3) is 5.51. The van der Waals surface area contributed by atoms with Gasteiger partial charge in [0.1, 0.15) is 22.8 Å². The quantitative estimate of drug-likeness (QED) is 0.539. The normalized spacial score (nSPS) is 10.4. The van der Waals surface area contributed by atoms with E-state index in [0.29, 0.717) is 23.7 Å². The fourth-order valence-corrected chi connectivity index (χ4v) is 3.40. The first-order chi connectivity index (χ1) is 11.6. The maximum absolute atomic E-state index is 12.8. The van der Waals surface area contributed by atoms with Crippen molar-refractivity contribution in [3.05, 3.63) is 47.5 Å². The summed E-state index contributed by atoms with van der Waals surface area (Å²) in [5.74, 6) is 1.91. The first-order valence-electron chi connectivity index (χ1n) is 7.86. The maximum atomic E-state index is 12.8. The molecule has 0 fully saturated rings. The summed E-state index contributed by atoms with van der Waals surface area (Å²) in [4.78, 5) is 12.8. The Hall–Kier alpha value is -1.46. The Morgan fingerprint density at radius 2 is 1.72 bits per heavy atom. The molecule has 0 heterocycles. The summed E-state index contributed by atoms with van der Waals surface area (Å²) < 4.78 is 16.3. The standard InChI is InChI=1S/C19H23O4P.Li.H/c1-5-11-23-14-9-10-17(13(2)12-14)24-19(20)18-15(21-3)7-6-8-16(18)22-4;;/h6-10,12,24H,5,11H2,1-4H3;;. The van der Waals surface area contributed by atoms with Crippen molar-refractivity contribution in [1.29, 1.82) is 0 Å². The zero-order valence-corrected chi connectivity index (χ0v) is 15.5. The molecular formula is C19H24LiO4P. The van der Waals surface area contributed by atoms with Crippen LogP contribution in [0.15, 0.2) is 36.4 Å². The van der Waals surface area contributed by atoms with Gasteiger partial charge in [-0.05, 0) is 57.1 Å². The summed E-state index contributed by atoms with van der Waals surface area (Å²) in [6, 6.07) is 11.2. The van der Waals surface area contributed by atoms with Crippen LogP contribution in [-0.4, -0.2) is 45.2 Å². The van der Waals surface area contributed by atoms with Gasteiger partial charge < -0.3 is 14.2 Å². The van der Waals surface area contributed by atoms with Gasteiger partial charge in [0.25, 0.3) is 0 Å². The third-order valence-electron chi connectivity index (χ3n) is 3.57. The zero-order valence-electron chi connectivity index (χ0n) is 14.5. The predicted octanol–water partition coefficient (Wildman–Crippen LogP) is 3.30. The molecule has 0 aliphatic heterocycles. The number of hydrogen-bond donors (Lipinski definition) is 0. The van der Waals surface area contributed by atoms with Crippen molar-refractivity contribution in [2.75, 3.05) is 20.8 Å². The van der Waals surface area contributed by atoms with Crippen LogP contribution in [0.25, 0.3) is 0 Å². The van der Waals surface area contributed by atoms with Gasteiger partial charge in [-0.3, -0.25) is 4.79 Å². The van der Waals surface area contributed by atoms with Gasteiger partial charge in [-0.2, -0.15) is 0 Å². The summed E-state index contributed by atoms with van der Waals surface area (Å²) in [5.41, 5.74) is 1.53. The van der Waals surface area contributed by atoms with Crippen LogP contribution >= 0.6 is 8.58 Å². The minimum absolute atomic E-state index is 0. The summed E-state index contributed by atoms with van der Waals surface area (Å²) in [7, 11) is 3.11. The Balaban J connectivity index is 0.00000312. The van der Waals surface area contributed by atoms with E-state index in [-0.39, 0.29) is 33.0 Å². The molecule has 0 amide bonds. The van der Waals surface area contributed by atoms with Crippen molar-refractivity contribution in [2.45, 2.75) is 20.3 Å². The average molecular weight is 354 g/mol. The molecule has 0 aromatic heterocycles. The topological polar surface area (TPSA) is 44.8 Å². The fraction of sp³-hybridized carbons (Fsp3) is 0.316. The first-order valence-corrected chi connectivity index (χ1v) is 8.86. The number of carbonyl (C=O) groups excluding carboxylic acids is 1. The fourth-order valence-electron chi connectivity index (χ4n) is 2.35. The molecule has 0 saturated heterocycles. The van der Waals surface area contributed by atoms with E-state index < -0.39 is 0 Å². The van der Waals surface area contributed by atoms with Gasteiger partial charge in [-0.15, -0.1) is 0 Å². The van der Waals surface area contributed by atoms with Crippen molar-refractivity contribution >= 4 is 38.3 Å². The molecule has 130 valence electrons. The number of ether oxygens (including phenoxy) is 3. The second-order valence-corrected chi connectivity index (χ2v) is 6.56. The molecule has 2 aromatic rings. The predicted molar refractivity (Wildman–Crippen MR) is 106 cm³/mol. The van der Waals surface area contributed by atoms with E-state index in [0.717, 1.165) is 23.0 Å². The molecule has 1 unspecified atom stereocenters. The van der Waals surface area contributed by atoms with Crippen LogP contribution < -0.4 is 19.5 Å². The van der Waals surface area contributed by atoms with Gasteiger partial charge in [0.15, 0.2) is 5.52 Å². The second-order valence-electron chi connectivity index (χ2n) is 5.32. The van der Waals surface area contributed by atoms with E-state index in [1.165, 1.54) is 0 Å². The van der Waals surface area contributed by atoms with E-state index in [4.69, 9.17) is 14.2 Å². The molecule has 0 spiro atoms. The van der Waals surface area contributed by atoms with Crippen molar-refractivity contribution < 1.29 is 19.0 Å². The Morgan fingerprint density at radius 3 is 2.24 bits per heavy atom. The van der Waals surface area contributed by atoms with Gasteiger partial charge in [0.2, 0.25) is 0 Å². The van der Waals surface area contributed by atoms with E-state index in [1.54, 1.807) is 26.4 Å². The molecule has 0 bridgehead atoms. The van der Waals surface area contributed by atoms with Crippen LogP contribution in [0.1, 0.15) is 29.3 Å². The second kappa shape index (κ2) is 10.5. The van der Waals surface area contributed by atoms with Gasteiger partial charge in [0, 0.05) is 0 Å². The van der Waals surface area contributed by atoms with E-state index in [2.05, 4.69) is 6.92 Å². The molecule has 2 aromatic carbocycles. The Bertz CT molecular complexity index is 696. The minimum atomic E-state index is -0.00498. The molecule has 25 heavy (non-hydrogen) atoms. The Morgan fingerprint density at radius 1 is 1.08 bits per heavy atom. The summed E-state index contributed by atoms with van der Waals surface area (Å²) in [6.07, 6.45) is 0.967. The zero-order chi connectivity index (χ0) is 17.5. The number of aryl methyl sites for hydroxylation is 1. The number of rotatable bonds is 8. The van der Waals surface area contributed by atoms with Crippen LogP contribution in [0, 0.1) is 6.92 Å². The molecule has 0 saturated carbocycles. The molecule has 0 aliphatic rings.